The third-order valence-corrected chi connectivity index (χ3v) is 2.52. The van der Waals surface area contributed by atoms with Gasteiger partial charge in [0.05, 0.1) is 12.5 Å². The molecule has 1 aromatic heterocycles. The monoisotopic (exact) mass is 215 g/mol. The smallest absolute Gasteiger partial charge is 0.0947 e. The zero-order chi connectivity index (χ0) is 11.4. The van der Waals surface area contributed by atoms with Gasteiger partial charge in [-0.05, 0) is 25.5 Å². The van der Waals surface area contributed by atoms with Crippen LogP contribution in [0.4, 0.5) is 0 Å². The van der Waals surface area contributed by atoms with Crippen molar-refractivity contribution in [1.82, 2.24) is 5.32 Å². The SMILES string of the molecule is Cc1cc(C)cc(CNCc2ccoc2)c1. The number of furan rings is 1. The Morgan fingerprint density at radius 1 is 1.00 bits per heavy atom. The van der Waals surface area contributed by atoms with Gasteiger partial charge in [-0.2, -0.15) is 0 Å². The summed E-state index contributed by atoms with van der Waals surface area (Å²) >= 11 is 0. The topological polar surface area (TPSA) is 25.2 Å². The van der Waals surface area contributed by atoms with E-state index < -0.39 is 0 Å². The first-order chi connectivity index (χ1) is 7.74. The zero-order valence-corrected chi connectivity index (χ0v) is 9.79. The van der Waals surface area contributed by atoms with E-state index in [-0.39, 0.29) is 0 Å². The van der Waals surface area contributed by atoms with Gasteiger partial charge in [-0.25, -0.2) is 0 Å². The van der Waals surface area contributed by atoms with E-state index in [9.17, 15) is 0 Å². The number of hydrogen-bond donors (Lipinski definition) is 1. The molecule has 1 aromatic carbocycles. The molecule has 0 bridgehead atoms. The molecular weight excluding hydrogens is 198 g/mol. The predicted octanol–water partition coefficient (Wildman–Crippen LogP) is 3.19. The third kappa shape index (κ3) is 2.97. The second-order valence-corrected chi connectivity index (χ2v) is 4.23. The maximum Gasteiger partial charge on any atom is 0.0947 e. The highest BCUT2D eigenvalue weighted by Gasteiger charge is 1.97. The lowest BCUT2D eigenvalue weighted by atomic mass is 10.1. The summed E-state index contributed by atoms with van der Waals surface area (Å²) in [5.74, 6) is 0. The first-order valence-electron chi connectivity index (χ1n) is 5.53. The van der Waals surface area contributed by atoms with Gasteiger partial charge < -0.3 is 9.73 Å². The summed E-state index contributed by atoms with van der Waals surface area (Å²) in [6.45, 7) is 6.01. The molecule has 0 aliphatic heterocycles. The number of aryl methyl sites for hydroxylation is 2. The molecule has 0 spiro atoms. The van der Waals surface area contributed by atoms with E-state index in [1.165, 1.54) is 22.3 Å². The van der Waals surface area contributed by atoms with Gasteiger partial charge in [0.15, 0.2) is 0 Å². The molecule has 0 saturated carbocycles. The lowest BCUT2D eigenvalue weighted by molar-refractivity contribution is 0.560. The molecule has 16 heavy (non-hydrogen) atoms. The summed E-state index contributed by atoms with van der Waals surface area (Å²) < 4.78 is 5.02. The summed E-state index contributed by atoms with van der Waals surface area (Å²) in [7, 11) is 0. The van der Waals surface area contributed by atoms with E-state index in [1.54, 1.807) is 12.5 Å². The lowest BCUT2D eigenvalue weighted by Gasteiger charge is -2.06. The minimum absolute atomic E-state index is 0.851. The van der Waals surface area contributed by atoms with E-state index in [4.69, 9.17) is 4.42 Å². The van der Waals surface area contributed by atoms with Crippen molar-refractivity contribution in [2.45, 2.75) is 26.9 Å². The van der Waals surface area contributed by atoms with Crippen LogP contribution in [0.15, 0.2) is 41.2 Å². The molecule has 0 saturated heterocycles. The fourth-order valence-corrected chi connectivity index (χ4v) is 1.92. The van der Waals surface area contributed by atoms with E-state index in [0.29, 0.717) is 0 Å². The van der Waals surface area contributed by atoms with Crippen molar-refractivity contribution in [2.24, 2.45) is 0 Å². The van der Waals surface area contributed by atoms with Gasteiger partial charge in [-0.15, -0.1) is 0 Å². The number of rotatable bonds is 4. The van der Waals surface area contributed by atoms with Crippen LogP contribution in [-0.2, 0) is 13.1 Å². The van der Waals surface area contributed by atoms with Crippen molar-refractivity contribution in [3.05, 3.63) is 59.0 Å². The van der Waals surface area contributed by atoms with Crippen molar-refractivity contribution in [3.63, 3.8) is 0 Å². The van der Waals surface area contributed by atoms with Crippen LogP contribution in [0.5, 0.6) is 0 Å². The van der Waals surface area contributed by atoms with Crippen molar-refractivity contribution < 1.29 is 4.42 Å². The second-order valence-electron chi connectivity index (χ2n) is 4.23. The minimum Gasteiger partial charge on any atom is -0.472 e. The maximum atomic E-state index is 5.02. The zero-order valence-electron chi connectivity index (χ0n) is 9.79. The van der Waals surface area contributed by atoms with Crippen molar-refractivity contribution in [2.75, 3.05) is 0 Å². The molecule has 1 N–H and O–H groups in total. The molecule has 0 atom stereocenters. The molecule has 0 radical (unpaired) electrons. The van der Waals surface area contributed by atoms with Gasteiger partial charge in [0.2, 0.25) is 0 Å². The predicted molar refractivity (Wildman–Crippen MR) is 65.2 cm³/mol. The third-order valence-electron chi connectivity index (χ3n) is 2.52. The Kier molecular flexibility index (Phi) is 3.42. The van der Waals surface area contributed by atoms with Gasteiger partial charge >= 0.3 is 0 Å². The van der Waals surface area contributed by atoms with E-state index in [2.05, 4.69) is 37.4 Å². The van der Waals surface area contributed by atoms with Crippen molar-refractivity contribution in [1.29, 1.82) is 0 Å². The fourth-order valence-electron chi connectivity index (χ4n) is 1.92. The molecule has 0 unspecified atom stereocenters. The Hall–Kier alpha value is -1.54. The molecule has 2 aromatic rings. The van der Waals surface area contributed by atoms with Crippen LogP contribution in [0.3, 0.4) is 0 Å². The second kappa shape index (κ2) is 4.99. The van der Waals surface area contributed by atoms with Gasteiger partial charge in [0, 0.05) is 18.7 Å². The highest BCUT2D eigenvalue weighted by atomic mass is 16.3. The molecule has 0 aliphatic carbocycles. The summed E-state index contributed by atoms with van der Waals surface area (Å²) in [5.41, 5.74) is 5.16. The van der Waals surface area contributed by atoms with Gasteiger partial charge in [-0.3, -0.25) is 0 Å². The number of nitrogens with one attached hydrogen (secondary N) is 1. The first kappa shape index (κ1) is 11.0. The summed E-state index contributed by atoms with van der Waals surface area (Å²) in [6, 6.07) is 8.61. The highest BCUT2D eigenvalue weighted by molar-refractivity contribution is 5.28. The first-order valence-corrected chi connectivity index (χ1v) is 5.53. The maximum absolute atomic E-state index is 5.02. The Bertz CT molecular complexity index is 426. The Morgan fingerprint density at radius 3 is 2.31 bits per heavy atom. The molecular formula is C14H17NO. The molecule has 2 rings (SSSR count). The molecule has 0 fully saturated rings. The van der Waals surface area contributed by atoms with Crippen LogP contribution in [0, 0.1) is 13.8 Å². The molecule has 84 valence electrons. The van der Waals surface area contributed by atoms with Crippen LogP contribution in [0.1, 0.15) is 22.3 Å². The van der Waals surface area contributed by atoms with Crippen LogP contribution in [-0.4, -0.2) is 0 Å². The number of benzene rings is 1. The van der Waals surface area contributed by atoms with Crippen LogP contribution < -0.4 is 5.32 Å². The summed E-state index contributed by atoms with van der Waals surface area (Å²) in [4.78, 5) is 0. The van der Waals surface area contributed by atoms with Crippen molar-refractivity contribution >= 4 is 0 Å². The Morgan fingerprint density at radius 2 is 1.69 bits per heavy atom. The molecule has 2 nitrogen and oxygen atoms in total. The average molecular weight is 215 g/mol. The van der Waals surface area contributed by atoms with Gasteiger partial charge in [0.25, 0.3) is 0 Å². The van der Waals surface area contributed by atoms with E-state index in [1.807, 2.05) is 6.07 Å². The Labute approximate surface area is 96.3 Å². The fraction of sp³-hybridized carbons (Fsp3) is 0.286. The lowest BCUT2D eigenvalue weighted by Crippen LogP contribution is -2.12. The normalized spacial score (nSPS) is 10.6. The summed E-state index contributed by atoms with van der Waals surface area (Å²) in [6.07, 6.45) is 3.47. The minimum atomic E-state index is 0.851. The Balaban J connectivity index is 1.89. The summed E-state index contributed by atoms with van der Waals surface area (Å²) in [5, 5.41) is 3.40. The van der Waals surface area contributed by atoms with Crippen LogP contribution in [0.2, 0.25) is 0 Å². The standard InChI is InChI=1S/C14H17NO/c1-11-5-12(2)7-14(6-11)9-15-8-13-3-4-16-10-13/h3-7,10,15H,8-9H2,1-2H3. The molecule has 0 amide bonds. The molecule has 1 heterocycles. The quantitative estimate of drug-likeness (QED) is 0.847. The average Bonchev–Trinajstić information content (AvgIpc) is 2.69. The van der Waals surface area contributed by atoms with E-state index >= 15 is 0 Å². The largest absolute Gasteiger partial charge is 0.472 e. The van der Waals surface area contributed by atoms with Gasteiger partial charge in [-0.1, -0.05) is 29.3 Å². The molecule has 2 heteroatoms. The van der Waals surface area contributed by atoms with Crippen LogP contribution in [0.25, 0.3) is 0 Å². The number of hydrogen-bond acceptors (Lipinski definition) is 2. The van der Waals surface area contributed by atoms with Crippen LogP contribution >= 0.6 is 0 Å². The van der Waals surface area contributed by atoms with E-state index in [0.717, 1.165) is 13.1 Å². The van der Waals surface area contributed by atoms with Crippen molar-refractivity contribution in [3.8, 4) is 0 Å². The highest BCUT2D eigenvalue weighted by Crippen LogP contribution is 2.09. The molecule has 0 aliphatic rings. The van der Waals surface area contributed by atoms with Gasteiger partial charge in [0.1, 0.15) is 0 Å².